The van der Waals surface area contributed by atoms with Crippen LogP contribution >= 0.6 is 11.6 Å². The van der Waals surface area contributed by atoms with Gasteiger partial charge < -0.3 is 5.11 Å². The van der Waals surface area contributed by atoms with E-state index in [4.69, 9.17) is 16.7 Å². The summed E-state index contributed by atoms with van der Waals surface area (Å²) in [4.78, 5) is 20.9. The minimum atomic E-state index is -4.50. The third-order valence-electron chi connectivity index (χ3n) is 3.42. The Hall–Kier alpha value is -2.72. The molecule has 1 N–H and O–H groups in total. The van der Waals surface area contributed by atoms with E-state index in [1.807, 2.05) is 0 Å². The summed E-state index contributed by atoms with van der Waals surface area (Å²) < 4.78 is 39.8. The second-order valence-electron chi connectivity index (χ2n) is 5.21. The molecule has 138 valence electrons. The van der Waals surface area contributed by atoms with Crippen molar-refractivity contribution in [1.82, 2.24) is 0 Å². The summed E-state index contributed by atoms with van der Waals surface area (Å²) >= 11 is 5.66. The Labute approximate surface area is 152 Å². The number of nitrogens with zero attached hydrogens (tertiary/aromatic N) is 2. The number of carboxylic acid groups (broad SMARTS) is 1. The van der Waals surface area contributed by atoms with Crippen molar-refractivity contribution >= 4 is 39.0 Å². The topological polar surface area (TPSA) is 118 Å². The van der Waals surface area contributed by atoms with Crippen LogP contribution in [0.25, 0.3) is 0 Å². The molecule has 0 aromatic heterocycles. The molecule has 0 amide bonds. The number of aliphatic carboxylic acids is 1. The molecule has 2 aromatic rings. The second kappa shape index (κ2) is 7.26. The molecular formula is C15H12ClFN2O6S. The van der Waals surface area contributed by atoms with E-state index >= 15 is 0 Å². The molecule has 0 radical (unpaired) electrons. The van der Waals surface area contributed by atoms with Crippen LogP contribution in [0, 0.1) is 22.9 Å². The Balaban J connectivity index is 2.67. The van der Waals surface area contributed by atoms with Gasteiger partial charge in [-0.3, -0.25) is 19.2 Å². The fourth-order valence-electron chi connectivity index (χ4n) is 2.18. The third-order valence-corrected chi connectivity index (χ3v) is 5.63. The van der Waals surface area contributed by atoms with Gasteiger partial charge in [0.25, 0.3) is 15.7 Å². The molecule has 0 bridgehead atoms. The number of non-ortho nitro benzene ring substituents is 1. The molecule has 0 saturated heterocycles. The van der Waals surface area contributed by atoms with Gasteiger partial charge in [-0.15, -0.1) is 0 Å². The highest BCUT2D eigenvalue weighted by Gasteiger charge is 2.30. The Morgan fingerprint density at radius 1 is 1.31 bits per heavy atom. The molecule has 11 heteroatoms. The number of anilines is 1. The van der Waals surface area contributed by atoms with Crippen LogP contribution in [0.1, 0.15) is 5.56 Å². The molecule has 8 nitrogen and oxygen atoms in total. The smallest absolute Gasteiger partial charge is 0.324 e. The highest BCUT2D eigenvalue weighted by atomic mass is 35.5. The first-order valence-electron chi connectivity index (χ1n) is 6.98. The van der Waals surface area contributed by atoms with Crippen LogP contribution in [0.5, 0.6) is 0 Å². The highest BCUT2D eigenvalue weighted by molar-refractivity contribution is 7.93. The molecular weight excluding hydrogens is 391 g/mol. The van der Waals surface area contributed by atoms with Crippen LogP contribution in [0.3, 0.4) is 0 Å². The van der Waals surface area contributed by atoms with Crippen molar-refractivity contribution in [3.05, 3.63) is 62.9 Å². The van der Waals surface area contributed by atoms with E-state index in [2.05, 4.69) is 0 Å². The summed E-state index contributed by atoms with van der Waals surface area (Å²) in [6.45, 7) is 0.430. The average Bonchev–Trinajstić information content (AvgIpc) is 2.55. The van der Waals surface area contributed by atoms with Gasteiger partial charge in [0.2, 0.25) is 0 Å². The summed E-state index contributed by atoms with van der Waals surface area (Å²) in [7, 11) is -4.50. The second-order valence-corrected chi connectivity index (χ2v) is 7.45. The number of rotatable bonds is 6. The van der Waals surface area contributed by atoms with Gasteiger partial charge in [0.1, 0.15) is 12.4 Å². The zero-order valence-corrected chi connectivity index (χ0v) is 14.8. The van der Waals surface area contributed by atoms with Crippen molar-refractivity contribution < 1.29 is 27.6 Å². The Morgan fingerprint density at radius 3 is 2.50 bits per heavy atom. The van der Waals surface area contributed by atoms with Gasteiger partial charge in [-0.05, 0) is 30.7 Å². The van der Waals surface area contributed by atoms with Gasteiger partial charge >= 0.3 is 5.97 Å². The van der Waals surface area contributed by atoms with E-state index in [0.29, 0.717) is 4.31 Å². The quantitative estimate of drug-likeness (QED) is 0.586. The molecule has 2 rings (SSSR count). The molecule has 0 aliphatic heterocycles. The van der Waals surface area contributed by atoms with E-state index in [-0.39, 0.29) is 11.3 Å². The lowest BCUT2D eigenvalue weighted by atomic mass is 10.2. The lowest BCUT2D eigenvalue weighted by Gasteiger charge is -2.23. The number of hydrogen-bond donors (Lipinski definition) is 1. The van der Waals surface area contributed by atoms with Crippen molar-refractivity contribution in [1.29, 1.82) is 0 Å². The first-order chi connectivity index (χ1) is 12.0. The fraction of sp³-hybridized carbons (Fsp3) is 0.133. The SMILES string of the molecule is Cc1ccc([N+](=O)[O-])cc1S(=O)(=O)N(CC(=O)O)c1ccc(F)c(Cl)c1. The van der Waals surface area contributed by atoms with Gasteiger partial charge in [-0.2, -0.15) is 0 Å². The van der Waals surface area contributed by atoms with Gasteiger partial charge in [0, 0.05) is 12.1 Å². The maximum atomic E-state index is 13.4. The van der Waals surface area contributed by atoms with Crippen molar-refractivity contribution in [2.24, 2.45) is 0 Å². The third kappa shape index (κ3) is 3.92. The summed E-state index contributed by atoms with van der Waals surface area (Å²) in [5.41, 5.74) is -0.481. The van der Waals surface area contributed by atoms with Gasteiger partial charge in [0.05, 0.1) is 20.5 Å². The van der Waals surface area contributed by atoms with Crippen LogP contribution in [0.2, 0.25) is 5.02 Å². The van der Waals surface area contributed by atoms with Crippen molar-refractivity contribution in [3.8, 4) is 0 Å². The minimum Gasteiger partial charge on any atom is -0.480 e. The molecule has 0 aliphatic carbocycles. The molecule has 2 aromatic carbocycles. The molecule has 0 saturated carbocycles. The summed E-state index contributed by atoms with van der Waals surface area (Å²) in [6, 6.07) is 6.11. The summed E-state index contributed by atoms with van der Waals surface area (Å²) in [5, 5.41) is 19.6. The van der Waals surface area contributed by atoms with Gasteiger partial charge in [-0.1, -0.05) is 17.7 Å². The van der Waals surface area contributed by atoms with E-state index < -0.39 is 48.9 Å². The largest absolute Gasteiger partial charge is 0.480 e. The molecule has 0 spiro atoms. The summed E-state index contributed by atoms with van der Waals surface area (Å²) in [6.07, 6.45) is 0. The maximum Gasteiger partial charge on any atom is 0.324 e. The molecule has 26 heavy (non-hydrogen) atoms. The number of carboxylic acids is 1. The fourth-order valence-corrected chi connectivity index (χ4v) is 4.01. The van der Waals surface area contributed by atoms with E-state index in [1.54, 1.807) is 0 Å². The number of halogens is 2. The zero-order chi connectivity index (χ0) is 19.6. The number of hydrogen-bond acceptors (Lipinski definition) is 5. The Bertz CT molecular complexity index is 996. The normalized spacial score (nSPS) is 11.2. The molecule has 0 unspecified atom stereocenters. The lowest BCUT2D eigenvalue weighted by molar-refractivity contribution is -0.385. The van der Waals surface area contributed by atoms with Crippen molar-refractivity contribution in [2.75, 3.05) is 10.8 Å². The number of sulfonamides is 1. The van der Waals surface area contributed by atoms with Crippen LogP contribution in [-0.2, 0) is 14.8 Å². The molecule has 0 fully saturated rings. The molecule has 0 atom stereocenters. The van der Waals surface area contributed by atoms with E-state index in [9.17, 15) is 27.7 Å². The molecule has 0 heterocycles. The number of benzene rings is 2. The monoisotopic (exact) mass is 402 g/mol. The Morgan fingerprint density at radius 2 is 1.96 bits per heavy atom. The van der Waals surface area contributed by atoms with Crippen LogP contribution in [0.15, 0.2) is 41.3 Å². The average molecular weight is 403 g/mol. The number of nitro benzene ring substituents is 1. The standard InChI is InChI=1S/C15H12ClFN2O6S/c1-9-2-3-11(19(22)23)7-14(9)26(24,25)18(8-15(20)21)10-4-5-13(17)12(16)6-10/h2-7H,8H2,1H3,(H,20,21). The maximum absolute atomic E-state index is 13.4. The van der Waals surface area contributed by atoms with Gasteiger partial charge in [-0.25, -0.2) is 12.8 Å². The van der Waals surface area contributed by atoms with Gasteiger partial charge in [0.15, 0.2) is 0 Å². The Kier molecular flexibility index (Phi) is 5.47. The summed E-state index contributed by atoms with van der Waals surface area (Å²) in [5.74, 6) is -2.29. The van der Waals surface area contributed by atoms with E-state index in [1.165, 1.54) is 13.0 Å². The first kappa shape index (κ1) is 19.6. The first-order valence-corrected chi connectivity index (χ1v) is 8.80. The predicted molar refractivity (Wildman–Crippen MR) is 91.4 cm³/mol. The number of aryl methyl sites for hydroxylation is 1. The molecule has 0 aliphatic rings. The van der Waals surface area contributed by atoms with Crippen LogP contribution < -0.4 is 4.31 Å². The van der Waals surface area contributed by atoms with Crippen LogP contribution in [-0.4, -0.2) is 31.0 Å². The predicted octanol–water partition coefficient (Wildman–Crippen LogP) is 2.98. The van der Waals surface area contributed by atoms with Crippen molar-refractivity contribution in [2.45, 2.75) is 11.8 Å². The van der Waals surface area contributed by atoms with Crippen molar-refractivity contribution in [3.63, 3.8) is 0 Å². The van der Waals surface area contributed by atoms with Crippen LogP contribution in [0.4, 0.5) is 15.8 Å². The number of carbonyl (C=O) groups is 1. The number of nitro groups is 1. The highest BCUT2D eigenvalue weighted by Crippen LogP contribution is 2.30. The zero-order valence-electron chi connectivity index (χ0n) is 13.2. The lowest BCUT2D eigenvalue weighted by Crippen LogP contribution is -2.36. The van der Waals surface area contributed by atoms with E-state index in [0.717, 1.165) is 30.3 Å². The minimum absolute atomic E-state index is 0.180.